The van der Waals surface area contributed by atoms with Crippen LogP contribution in [0.4, 0.5) is 4.39 Å². The van der Waals surface area contributed by atoms with E-state index in [1.165, 1.54) is 61.8 Å². The van der Waals surface area contributed by atoms with E-state index in [2.05, 4.69) is 31.2 Å². The molecule has 2 aromatic carbocycles. The average Bonchev–Trinajstić information content (AvgIpc) is 2.57. The molecule has 0 aromatic heterocycles. The van der Waals surface area contributed by atoms with Gasteiger partial charge in [0.15, 0.2) is 0 Å². The number of hydrogen-bond donors (Lipinski definition) is 0. The highest BCUT2D eigenvalue weighted by atomic mass is 19.1. The Labute approximate surface area is 133 Å². The van der Waals surface area contributed by atoms with Crippen molar-refractivity contribution in [1.82, 2.24) is 0 Å². The zero-order valence-corrected chi connectivity index (χ0v) is 13.4. The van der Waals surface area contributed by atoms with Crippen LogP contribution >= 0.6 is 0 Å². The lowest BCUT2D eigenvalue weighted by Gasteiger charge is -2.28. The highest BCUT2D eigenvalue weighted by Gasteiger charge is 2.21. The van der Waals surface area contributed by atoms with Gasteiger partial charge in [0, 0.05) is 0 Å². The van der Waals surface area contributed by atoms with Crippen molar-refractivity contribution in [2.45, 2.75) is 51.4 Å². The maximum absolute atomic E-state index is 13.0. The van der Waals surface area contributed by atoms with Gasteiger partial charge in [0.2, 0.25) is 0 Å². The normalized spacial score (nSPS) is 21.7. The van der Waals surface area contributed by atoms with Crippen LogP contribution in [0.15, 0.2) is 48.5 Å². The Morgan fingerprint density at radius 2 is 1.36 bits per heavy atom. The molecule has 0 nitrogen and oxygen atoms in total. The Kier molecular flexibility index (Phi) is 4.92. The highest BCUT2D eigenvalue weighted by Crippen LogP contribution is 2.37. The Balaban J connectivity index is 1.66. The van der Waals surface area contributed by atoms with Gasteiger partial charge in [-0.05, 0) is 66.3 Å². The smallest absolute Gasteiger partial charge is 0.123 e. The fraction of sp³-hybridized carbons (Fsp3) is 0.429. The molecule has 0 N–H and O–H groups in total. The summed E-state index contributed by atoms with van der Waals surface area (Å²) in [5.41, 5.74) is 3.73. The van der Waals surface area contributed by atoms with E-state index in [1.54, 1.807) is 0 Å². The minimum absolute atomic E-state index is 0.177. The van der Waals surface area contributed by atoms with Crippen LogP contribution < -0.4 is 0 Å². The third kappa shape index (κ3) is 3.58. The second kappa shape index (κ2) is 7.09. The number of rotatable bonds is 4. The molecule has 0 amide bonds. The molecule has 116 valence electrons. The standard InChI is InChI=1S/C21H25F/c1-2-3-16-4-6-17(7-5-16)18-8-10-19(11-9-18)20-12-14-21(22)15-13-20/h8-17H,2-7H2,1H3/t16-,17-. The Bertz CT molecular complexity index is 574. The molecule has 0 heterocycles. The molecule has 0 radical (unpaired) electrons. The number of halogens is 1. The van der Waals surface area contributed by atoms with Crippen molar-refractivity contribution in [3.8, 4) is 11.1 Å². The molecule has 0 aliphatic heterocycles. The van der Waals surface area contributed by atoms with Crippen molar-refractivity contribution in [3.63, 3.8) is 0 Å². The highest BCUT2D eigenvalue weighted by molar-refractivity contribution is 5.63. The number of hydrogen-bond acceptors (Lipinski definition) is 0. The SMILES string of the molecule is CCC[C@H]1CC[C@H](c2ccc(-c3ccc(F)cc3)cc2)CC1. The Morgan fingerprint density at radius 1 is 0.818 bits per heavy atom. The van der Waals surface area contributed by atoms with E-state index < -0.39 is 0 Å². The summed E-state index contributed by atoms with van der Waals surface area (Å²) in [6.07, 6.45) is 8.16. The minimum atomic E-state index is -0.177. The molecule has 0 unspecified atom stereocenters. The summed E-state index contributed by atoms with van der Waals surface area (Å²) in [6, 6.07) is 15.6. The summed E-state index contributed by atoms with van der Waals surface area (Å²) in [7, 11) is 0. The zero-order chi connectivity index (χ0) is 15.4. The maximum atomic E-state index is 13.0. The van der Waals surface area contributed by atoms with Crippen LogP contribution in [0.2, 0.25) is 0 Å². The van der Waals surface area contributed by atoms with Crippen LogP contribution in [0.1, 0.15) is 56.9 Å². The summed E-state index contributed by atoms with van der Waals surface area (Å²) >= 11 is 0. The van der Waals surface area contributed by atoms with Crippen molar-refractivity contribution < 1.29 is 4.39 Å². The fourth-order valence-corrected chi connectivity index (χ4v) is 3.78. The molecule has 1 aliphatic carbocycles. The molecule has 3 rings (SSSR count). The molecule has 0 atom stereocenters. The van der Waals surface area contributed by atoms with Crippen LogP contribution in [-0.4, -0.2) is 0 Å². The van der Waals surface area contributed by atoms with Gasteiger partial charge in [0.25, 0.3) is 0 Å². The molecule has 22 heavy (non-hydrogen) atoms. The van der Waals surface area contributed by atoms with Gasteiger partial charge in [-0.3, -0.25) is 0 Å². The van der Waals surface area contributed by atoms with Gasteiger partial charge in [-0.1, -0.05) is 56.2 Å². The quantitative estimate of drug-likeness (QED) is 0.598. The third-order valence-electron chi connectivity index (χ3n) is 5.10. The van der Waals surface area contributed by atoms with Crippen molar-refractivity contribution in [2.75, 3.05) is 0 Å². The van der Waals surface area contributed by atoms with Gasteiger partial charge in [0.05, 0.1) is 0 Å². The van der Waals surface area contributed by atoms with Crippen LogP contribution in [0, 0.1) is 11.7 Å². The topological polar surface area (TPSA) is 0 Å². The lowest BCUT2D eigenvalue weighted by Crippen LogP contribution is -2.13. The second-order valence-corrected chi connectivity index (χ2v) is 6.64. The fourth-order valence-electron chi connectivity index (χ4n) is 3.78. The first-order chi connectivity index (χ1) is 10.8. The summed E-state index contributed by atoms with van der Waals surface area (Å²) in [5.74, 6) is 1.51. The van der Waals surface area contributed by atoms with Gasteiger partial charge in [0.1, 0.15) is 5.82 Å². The zero-order valence-electron chi connectivity index (χ0n) is 13.4. The van der Waals surface area contributed by atoms with Gasteiger partial charge < -0.3 is 0 Å². The first kappa shape index (κ1) is 15.3. The Morgan fingerprint density at radius 3 is 1.91 bits per heavy atom. The first-order valence-corrected chi connectivity index (χ1v) is 8.62. The van der Waals surface area contributed by atoms with E-state index in [0.29, 0.717) is 0 Å². The molecule has 1 heteroatoms. The third-order valence-corrected chi connectivity index (χ3v) is 5.10. The average molecular weight is 296 g/mol. The molecule has 0 spiro atoms. The molecular formula is C21H25F. The summed E-state index contributed by atoms with van der Waals surface area (Å²) < 4.78 is 13.0. The predicted molar refractivity (Wildman–Crippen MR) is 91.4 cm³/mol. The van der Waals surface area contributed by atoms with Gasteiger partial charge in [-0.2, -0.15) is 0 Å². The molecule has 1 saturated carbocycles. The van der Waals surface area contributed by atoms with E-state index in [-0.39, 0.29) is 5.82 Å². The summed E-state index contributed by atoms with van der Waals surface area (Å²) in [6.45, 7) is 2.29. The van der Waals surface area contributed by atoms with Gasteiger partial charge >= 0.3 is 0 Å². The molecular weight excluding hydrogens is 271 g/mol. The lowest BCUT2D eigenvalue weighted by atomic mass is 9.77. The van der Waals surface area contributed by atoms with Gasteiger partial charge in [-0.25, -0.2) is 4.39 Å². The molecule has 0 saturated heterocycles. The second-order valence-electron chi connectivity index (χ2n) is 6.64. The van der Waals surface area contributed by atoms with Crippen LogP contribution in [0.3, 0.4) is 0 Å². The van der Waals surface area contributed by atoms with Crippen molar-refractivity contribution in [3.05, 3.63) is 59.9 Å². The molecule has 1 aliphatic rings. The summed E-state index contributed by atoms with van der Waals surface area (Å²) in [5, 5.41) is 0. The van der Waals surface area contributed by atoms with E-state index in [9.17, 15) is 4.39 Å². The van der Waals surface area contributed by atoms with Crippen LogP contribution in [0.5, 0.6) is 0 Å². The summed E-state index contributed by atoms with van der Waals surface area (Å²) in [4.78, 5) is 0. The lowest BCUT2D eigenvalue weighted by molar-refractivity contribution is 0.308. The van der Waals surface area contributed by atoms with E-state index in [1.807, 2.05) is 12.1 Å². The van der Waals surface area contributed by atoms with Crippen molar-refractivity contribution in [1.29, 1.82) is 0 Å². The Hall–Kier alpha value is -1.63. The maximum Gasteiger partial charge on any atom is 0.123 e. The van der Waals surface area contributed by atoms with E-state index in [0.717, 1.165) is 17.4 Å². The molecule has 0 bridgehead atoms. The van der Waals surface area contributed by atoms with E-state index in [4.69, 9.17) is 0 Å². The van der Waals surface area contributed by atoms with Gasteiger partial charge in [-0.15, -0.1) is 0 Å². The molecule has 2 aromatic rings. The first-order valence-electron chi connectivity index (χ1n) is 8.62. The monoisotopic (exact) mass is 296 g/mol. The molecule has 1 fully saturated rings. The van der Waals surface area contributed by atoms with E-state index >= 15 is 0 Å². The number of benzene rings is 2. The van der Waals surface area contributed by atoms with Crippen molar-refractivity contribution in [2.24, 2.45) is 5.92 Å². The van der Waals surface area contributed by atoms with Crippen molar-refractivity contribution >= 4 is 0 Å². The van der Waals surface area contributed by atoms with Crippen LogP contribution in [0.25, 0.3) is 11.1 Å². The van der Waals surface area contributed by atoms with Crippen LogP contribution in [-0.2, 0) is 0 Å². The largest absolute Gasteiger partial charge is 0.207 e. The minimum Gasteiger partial charge on any atom is -0.207 e. The predicted octanol–water partition coefficient (Wildman–Crippen LogP) is 6.57.